The monoisotopic (exact) mass is 261 g/mol. The molecule has 6 heteroatoms. The van der Waals surface area contributed by atoms with Crippen LogP contribution in [0.4, 0.5) is 0 Å². The van der Waals surface area contributed by atoms with E-state index < -0.39 is 17.9 Å². The van der Waals surface area contributed by atoms with E-state index >= 15 is 0 Å². The Morgan fingerprint density at radius 1 is 1.47 bits per heavy atom. The second kappa shape index (κ2) is 5.09. The minimum absolute atomic E-state index is 0.330. The number of hydrogen-bond acceptors (Lipinski definition) is 3. The van der Waals surface area contributed by atoms with Gasteiger partial charge in [0.2, 0.25) is 0 Å². The van der Waals surface area contributed by atoms with E-state index in [-0.39, 0.29) is 0 Å². The number of carbonyl (C=O) groups excluding carboxylic acids is 1. The molecule has 2 aromatic heterocycles. The number of amides is 1. The molecule has 0 aliphatic rings. The number of carbonyl (C=O) groups is 2. The molecule has 0 aromatic carbocycles. The first-order valence-corrected chi connectivity index (χ1v) is 6.02. The average Bonchev–Trinajstić information content (AvgIpc) is 2.71. The topological polar surface area (TPSA) is 83.7 Å². The molecule has 2 rings (SSSR count). The molecule has 0 radical (unpaired) electrons. The number of nitrogens with one attached hydrogen (secondary N) is 1. The van der Waals surface area contributed by atoms with Gasteiger partial charge in [-0.3, -0.25) is 9.20 Å². The Hall–Kier alpha value is -2.37. The first-order chi connectivity index (χ1) is 9.04. The van der Waals surface area contributed by atoms with Crippen molar-refractivity contribution >= 4 is 17.5 Å². The molecule has 0 saturated heterocycles. The Balaban J connectivity index is 2.36. The van der Waals surface area contributed by atoms with Crippen LogP contribution in [0.3, 0.4) is 0 Å². The molecule has 0 fully saturated rings. The molecule has 2 aromatic rings. The van der Waals surface area contributed by atoms with Crippen molar-refractivity contribution in [3.8, 4) is 0 Å². The summed E-state index contributed by atoms with van der Waals surface area (Å²) < 4.78 is 1.65. The van der Waals surface area contributed by atoms with Crippen molar-refractivity contribution in [2.24, 2.45) is 0 Å². The van der Waals surface area contributed by atoms with Crippen molar-refractivity contribution in [1.29, 1.82) is 0 Å². The van der Waals surface area contributed by atoms with E-state index in [1.807, 2.05) is 6.07 Å². The summed E-state index contributed by atoms with van der Waals surface area (Å²) >= 11 is 0. The highest BCUT2D eigenvalue weighted by atomic mass is 16.4. The predicted molar refractivity (Wildman–Crippen MR) is 69.1 cm³/mol. The number of rotatable bonds is 4. The summed E-state index contributed by atoms with van der Waals surface area (Å²) in [5.41, 5.74) is 1.60. The number of carboxylic acids is 1. The van der Waals surface area contributed by atoms with Crippen molar-refractivity contribution in [3.63, 3.8) is 0 Å². The summed E-state index contributed by atoms with van der Waals surface area (Å²) in [6, 6.07) is 4.52. The Labute approximate surface area is 110 Å². The third kappa shape index (κ3) is 2.42. The van der Waals surface area contributed by atoms with Crippen LogP contribution < -0.4 is 5.32 Å². The summed E-state index contributed by atoms with van der Waals surface area (Å²) in [6.07, 6.45) is 2.06. The van der Waals surface area contributed by atoms with E-state index in [1.54, 1.807) is 36.6 Å². The molecule has 100 valence electrons. The Morgan fingerprint density at radius 3 is 2.84 bits per heavy atom. The zero-order valence-corrected chi connectivity index (χ0v) is 10.8. The fraction of sp³-hybridized carbons (Fsp3) is 0.308. The maximum atomic E-state index is 12.2. The van der Waals surface area contributed by atoms with Gasteiger partial charge in [0.05, 0.1) is 5.69 Å². The molecule has 19 heavy (non-hydrogen) atoms. The summed E-state index contributed by atoms with van der Waals surface area (Å²) in [6.45, 7) is 3.43. The average molecular weight is 261 g/mol. The second-order valence-corrected chi connectivity index (χ2v) is 4.25. The molecule has 0 aliphatic heterocycles. The number of carboxylic acid groups (broad SMARTS) is 1. The van der Waals surface area contributed by atoms with E-state index in [1.165, 1.54) is 0 Å². The van der Waals surface area contributed by atoms with Gasteiger partial charge >= 0.3 is 5.97 Å². The number of aromatic nitrogens is 2. The molecule has 2 N–H and O–H groups in total. The molecule has 0 aliphatic carbocycles. The number of aryl methyl sites for hydroxylation is 1. The fourth-order valence-electron chi connectivity index (χ4n) is 1.95. The van der Waals surface area contributed by atoms with E-state index in [0.29, 0.717) is 23.5 Å². The van der Waals surface area contributed by atoms with Crippen LogP contribution in [0.25, 0.3) is 5.65 Å². The van der Waals surface area contributed by atoms with Gasteiger partial charge in [-0.2, -0.15) is 0 Å². The Kier molecular flexibility index (Phi) is 3.50. The first-order valence-electron chi connectivity index (χ1n) is 6.02. The molecule has 1 unspecified atom stereocenters. The van der Waals surface area contributed by atoms with Crippen LogP contribution in [0.2, 0.25) is 0 Å². The minimum atomic E-state index is -1.04. The van der Waals surface area contributed by atoms with Crippen molar-refractivity contribution in [1.82, 2.24) is 14.7 Å². The lowest BCUT2D eigenvalue weighted by molar-refractivity contribution is -0.139. The van der Waals surface area contributed by atoms with Crippen LogP contribution >= 0.6 is 0 Å². The second-order valence-electron chi connectivity index (χ2n) is 4.25. The molecular weight excluding hydrogens is 246 g/mol. The minimum Gasteiger partial charge on any atom is -0.480 e. The molecular formula is C13H15N3O3. The summed E-state index contributed by atoms with van der Waals surface area (Å²) in [5.74, 6) is -1.47. The predicted octanol–water partition coefficient (Wildman–Crippen LogP) is 1.24. The third-order valence-electron chi connectivity index (χ3n) is 2.93. The largest absolute Gasteiger partial charge is 0.480 e. The lowest BCUT2D eigenvalue weighted by atomic mass is 10.2. The third-order valence-corrected chi connectivity index (χ3v) is 2.93. The van der Waals surface area contributed by atoms with E-state index in [2.05, 4.69) is 10.3 Å². The van der Waals surface area contributed by atoms with E-state index in [4.69, 9.17) is 5.11 Å². The standard InChI is InChI=1S/C13H15N3O3/c1-3-9(13(18)19)15-12(17)11-8(2)14-10-6-4-5-7-16(10)11/h4-7,9H,3H2,1-2H3,(H,15,17)(H,18,19). The molecule has 0 bridgehead atoms. The van der Waals surface area contributed by atoms with Crippen LogP contribution in [-0.4, -0.2) is 32.4 Å². The van der Waals surface area contributed by atoms with Gasteiger partial charge < -0.3 is 10.4 Å². The van der Waals surface area contributed by atoms with Crippen molar-refractivity contribution in [3.05, 3.63) is 35.8 Å². The van der Waals surface area contributed by atoms with Gasteiger partial charge in [0.1, 0.15) is 17.4 Å². The molecule has 0 spiro atoms. The lowest BCUT2D eigenvalue weighted by Crippen LogP contribution is -2.40. The molecule has 1 amide bonds. The van der Waals surface area contributed by atoms with Gasteiger partial charge in [-0.1, -0.05) is 13.0 Å². The number of pyridine rings is 1. The molecule has 2 heterocycles. The van der Waals surface area contributed by atoms with Crippen molar-refractivity contribution < 1.29 is 14.7 Å². The summed E-state index contributed by atoms with van der Waals surface area (Å²) in [4.78, 5) is 27.4. The smallest absolute Gasteiger partial charge is 0.326 e. The Bertz CT molecular complexity index is 633. The number of hydrogen-bond donors (Lipinski definition) is 2. The van der Waals surface area contributed by atoms with E-state index in [0.717, 1.165) is 0 Å². The number of aliphatic carboxylic acids is 1. The maximum Gasteiger partial charge on any atom is 0.326 e. The van der Waals surface area contributed by atoms with Gasteiger partial charge in [0, 0.05) is 6.20 Å². The molecule has 1 atom stereocenters. The van der Waals surface area contributed by atoms with Crippen molar-refractivity contribution in [2.75, 3.05) is 0 Å². The highest BCUT2D eigenvalue weighted by Gasteiger charge is 2.22. The fourth-order valence-corrected chi connectivity index (χ4v) is 1.95. The lowest BCUT2D eigenvalue weighted by Gasteiger charge is -2.12. The van der Waals surface area contributed by atoms with Gasteiger partial charge in [0.25, 0.3) is 5.91 Å². The number of imidazole rings is 1. The quantitative estimate of drug-likeness (QED) is 0.867. The number of nitrogens with zero attached hydrogens (tertiary/aromatic N) is 2. The van der Waals surface area contributed by atoms with Crippen LogP contribution in [0.15, 0.2) is 24.4 Å². The van der Waals surface area contributed by atoms with Gasteiger partial charge in [-0.05, 0) is 25.5 Å². The van der Waals surface area contributed by atoms with E-state index in [9.17, 15) is 9.59 Å². The molecule has 6 nitrogen and oxygen atoms in total. The first kappa shape index (κ1) is 13.1. The van der Waals surface area contributed by atoms with Crippen LogP contribution in [0, 0.1) is 6.92 Å². The summed E-state index contributed by atoms with van der Waals surface area (Å²) in [5, 5.41) is 11.5. The van der Waals surface area contributed by atoms with Crippen molar-refractivity contribution in [2.45, 2.75) is 26.3 Å². The highest BCUT2D eigenvalue weighted by molar-refractivity contribution is 5.96. The maximum absolute atomic E-state index is 12.2. The SMILES string of the molecule is CCC(NC(=O)c1c(C)nc2ccccn12)C(=O)O. The zero-order valence-electron chi connectivity index (χ0n) is 10.8. The zero-order chi connectivity index (χ0) is 14.0. The van der Waals surface area contributed by atoms with Crippen LogP contribution in [0.5, 0.6) is 0 Å². The Morgan fingerprint density at radius 2 is 2.21 bits per heavy atom. The van der Waals surface area contributed by atoms with Gasteiger partial charge in [-0.15, -0.1) is 0 Å². The normalized spacial score (nSPS) is 12.3. The highest BCUT2D eigenvalue weighted by Crippen LogP contribution is 2.12. The van der Waals surface area contributed by atoms with Crippen LogP contribution in [-0.2, 0) is 4.79 Å². The van der Waals surface area contributed by atoms with Gasteiger partial charge in [-0.25, -0.2) is 9.78 Å². The van der Waals surface area contributed by atoms with Gasteiger partial charge in [0.15, 0.2) is 0 Å². The van der Waals surface area contributed by atoms with Crippen LogP contribution in [0.1, 0.15) is 29.5 Å². The number of fused-ring (bicyclic) bond motifs is 1. The summed E-state index contributed by atoms with van der Waals surface area (Å²) in [7, 11) is 0. The molecule has 0 saturated carbocycles.